The molecular formula is C20H30N2O4. The van der Waals surface area contributed by atoms with Gasteiger partial charge in [0.25, 0.3) is 0 Å². The Kier molecular flexibility index (Phi) is 6.89. The number of piperidine rings is 1. The number of carbonyl (C=O) groups excluding carboxylic acids is 2. The van der Waals surface area contributed by atoms with E-state index in [1.807, 2.05) is 39.0 Å². The first-order chi connectivity index (χ1) is 12.4. The van der Waals surface area contributed by atoms with Crippen LogP contribution in [0.5, 0.6) is 11.5 Å². The topological polar surface area (TPSA) is 67.9 Å². The number of methoxy groups -OCH3 is 2. The van der Waals surface area contributed by atoms with Gasteiger partial charge in [-0.05, 0) is 44.4 Å². The first-order valence-corrected chi connectivity index (χ1v) is 9.21. The Bertz CT molecular complexity index is 645. The molecule has 1 saturated heterocycles. The van der Waals surface area contributed by atoms with Gasteiger partial charge in [-0.2, -0.15) is 0 Å². The van der Waals surface area contributed by atoms with Crippen molar-refractivity contribution in [1.82, 2.24) is 10.2 Å². The summed E-state index contributed by atoms with van der Waals surface area (Å²) in [6, 6.07) is 4.84. The van der Waals surface area contributed by atoms with Crippen LogP contribution in [-0.2, 0) is 9.59 Å². The lowest BCUT2D eigenvalue weighted by Gasteiger charge is -2.36. The van der Waals surface area contributed by atoms with Crippen molar-refractivity contribution in [2.45, 2.75) is 52.1 Å². The molecule has 0 radical (unpaired) electrons. The summed E-state index contributed by atoms with van der Waals surface area (Å²) in [4.78, 5) is 27.1. The van der Waals surface area contributed by atoms with Crippen LogP contribution in [-0.4, -0.2) is 43.5 Å². The summed E-state index contributed by atoms with van der Waals surface area (Å²) in [6.07, 6.45) is 2.60. The lowest BCUT2D eigenvalue weighted by Crippen LogP contribution is -2.53. The molecule has 144 valence electrons. The molecule has 1 N–H and O–H groups in total. The zero-order valence-electron chi connectivity index (χ0n) is 16.4. The Balaban J connectivity index is 2.16. The second-order valence-electron chi connectivity index (χ2n) is 7.04. The summed E-state index contributed by atoms with van der Waals surface area (Å²) in [5.41, 5.74) is 0.845. The Morgan fingerprint density at radius 2 is 1.88 bits per heavy atom. The fourth-order valence-corrected chi connectivity index (χ4v) is 3.36. The van der Waals surface area contributed by atoms with Gasteiger partial charge in [0.05, 0.1) is 20.3 Å². The number of benzene rings is 1. The molecule has 1 fully saturated rings. The number of carbonyl (C=O) groups is 2. The average molecular weight is 362 g/mol. The number of nitrogens with one attached hydrogen (secondary N) is 1. The van der Waals surface area contributed by atoms with Gasteiger partial charge in [0.1, 0.15) is 17.5 Å². The molecule has 1 heterocycles. The van der Waals surface area contributed by atoms with Crippen molar-refractivity contribution in [2.75, 3.05) is 20.8 Å². The maximum Gasteiger partial charge on any atom is 0.243 e. The van der Waals surface area contributed by atoms with Crippen LogP contribution in [0.15, 0.2) is 18.2 Å². The van der Waals surface area contributed by atoms with Crippen LogP contribution in [0.1, 0.15) is 51.6 Å². The van der Waals surface area contributed by atoms with E-state index in [9.17, 15) is 9.59 Å². The first-order valence-electron chi connectivity index (χ1n) is 9.21. The smallest absolute Gasteiger partial charge is 0.243 e. The zero-order valence-corrected chi connectivity index (χ0v) is 16.4. The van der Waals surface area contributed by atoms with E-state index in [0.29, 0.717) is 24.5 Å². The molecule has 0 unspecified atom stereocenters. The third kappa shape index (κ3) is 4.48. The predicted octanol–water partition coefficient (Wildman–Crippen LogP) is 2.92. The highest BCUT2D eigenvalue weighted by Crippen LogP contribution is 2.30. The highest BCUT2D eigenvalue weighted by atomic mass is 16.5. The van der Waals surface area contributed by atoms with Crippen molar-refractivity contribution in [1.29, 1.82) is 0 Å². The van der Waals surface area contributed by atoms with Gasteiger partial charge in [0.2, 0.25) is 11.8 Å². The summed E-state index contributed by atoms with van der Waals surface area (Å²) in [7, 11) is 3.20. The van der Waals surface area contributed by atoms with Gasteiger partial charge in [-0.15, -0.1) is 0 Å². The minimum Gasteiger partial charge on any atom is -0.497 e. The minimum absolute atomic E-state index is 0.0384. The highest BCUT2D eigenvalue weighted by molar-refractivity contribution is 5.88. The van der Waals surface area contributed by atoms with E-state index < -0.39 is 6.04 Å². The van der Waals surface area contributed by atoms with Gasteiger partial charge in [0.15, 0.2) is 0 Å². The van der Waals surface area contributed by atoms with Gasteiger partial charge in [-0.1, -0.05) is 13.8 Å². The lowest BCUT2D eigenvalue weighted by atomic mass is 9.98. The monoisotopic (exact) mass is 362 g/mol. The van der Waals surface area contributed by atoms with E-state index in [0.717, 1.165) is 18.4 Å². The van der Waals surface area contributed by atoms with E-state index in [1.165, 1.54) is 0 Å². The van der Waals surface area contributed by atoms with Gasteiger partial charge < -0.3 is 19.7 Å². The number of rotatable bonds is 6. The molecule has 1 aromatic rings. The third-order valence-electron chi connectivity index (χ3n) is 4.84. The Morgan fingerprint density at radius 1 is 1.15 bits per heavy atom. The molecule has 6 heteroatoms. The predicted molar refractivity (Wildman–Crippen MR) is 100 cm³/mol. The molecule has 0 aromatic heterocycles. The summed E-state index contributed by atoms with van der Waals surface area (Å²) < 4.78 is 10.7. The molecule has 0 saturated carbocycles. The van der Waals surface area contributed by atoms with Gasteiger partial charge >= 0.3 is 0 Å². The molecule has 2 amide bonds. The maximum atomic E-state index is 12.9. The molecule has 1 aliphatic rings. The first kappa shape index (κ1) is 20.1. The van der Waals surface area contributed by atoms with E-state index in [4.69, 9.17) is 9.47 Å². The molecule has 1 aliphatic heterocycles. The van der Waals surface area contributed by atoms with Crippen LogP contribution in [0.2, 0.25) is 0 Å². The molecule has 6 nitrogen and oxygen atoms in total. The van der Waals surface area contributed by atoms with Crippen LogP contribution in [0.25, 0.3) is 0 Å². The van der Waals surface area contributed by atoms with Crippen molar-refractivity contribution in [3.8, 4) is 11.5 Å². The second kappa shape index (κ2) is 8.92. The van der Waals surface area contributed by atoms with Crippen molar-refractivity contribution >= 4 is 11.8 Å². The van der Waals surface area contributed by atoms with E-state index in [1.54, 1.807) is 19.1 Å². The third-order valence-corrected chi connectivity index (χ3v) is 4.84. The highest BCUT2D eigenvalue weighted by Gasteiger charge is 2.33. The maximum absolute atomic E-state index is 12.9. The number of likely N-dealkylation sites (tertiary alicyclic amines) is 1. The quantitative estimate of drug-likeness (QED) is 0.845. The second-order valence-corrected chi connectivity index (χ2v) is 7.04. The Labute approximate surface area is 155 Å². The van der Waals surface area contributed by atoms with Crippen LogP contribution in [0.3, 0.4) is 0 Å². The Morgan fingerprint density at radius 3 is 2.50 bits per heavy atom. The molecule has 2 atom stereocenters. The molecule has 0 aliphatic carbocycles. The fourth-order valence-electron chi connectivity index (χ4n) is 3.36. The van der Waals surface area contributed by atoms with Crippen LogP contribution in [0.4, 0.5) is 0 Å². The average Bonchev–Trinajstić information content (AvgIpc) is 2.66. The van der Waals surface area contributed by atoms with E-state index in [2.05, 4.69) is 5.32 Å². The van der Waals surface area contributed by atoms with Crippen LogP contribution >= 0.6 is 0 Å². The largest absolute Gasteiger partial charge is 0.497 e. The summed E-state index contributed by atoms with van der Waals surface area (Å²) in [5.74, 6) is 1.21. The number of hydrogen-bond acceptors (Lipinski definition) is 4. The summed E-state index contributed by atoms with van der Waals surface area (Å²) in [5, 5.41) is 3.05. The van der Waals surface area contributed by atoms with Crippen molar-refractivity contribution in [2.24, 2.45) is 5.92 Å². The van der Waals surface area contributed by atoms with Gasteiger partial charge in [-0.25, -0.2) is 0 Å². The van der Waals surface area contributed by atoms with Gasteiger partial charge in [-0.3, -0.25) is 9.59 Å². The summed E-state index contributed by atoms with van der Waals surface area (Å²) >= 11 is 0. The standard InChI is InChI=1S/C20H30N2O4/c1-13(2)20(24)22-11-7-6-8-17(22)19(23)21-14(3)16-12-15(25-4)9-10-18(16)26-5/h9-10,12-14,17H,6-8,11H2,1-5H3,(H,21,23)/t14-,17-/m1/s1. The molecule has 2 rings (SSSR count). The minimum atomic E-state index is -0.405. The van der Waals surface area contributed by atoms with E-state index >= 15 is 0 Å². The number of ether oxygens (including phenoxy) is 2. The molecule has 1 aromatic carbocycles. The normalized spacial score (nSPS) is 18.4. The Hall–Kier alpha value is -2.24. The van der Waals surface area contributed by atoms with Crippen LogP contribution in [0, 0.1) is 5.92 Å². The number of amides is 2. The lowest BCUT2D eigenvalue weighted by molar-refractivity contribution is -0.144. The van der Waals surface area contributed by atoms with Crippen molar-refractivity contribution in [3.63, 3.8) is 0 Å². The molecule has 0 bridgehead atoms. The molecule has 0 spiro atoms. The van der Waals surface area contributed by atoms with E-state index in [-0.39, 0.29) is 23.8 Å². The molecule has 26 heavy (non-hydrogen) atoms. The van der Waals surface area contributed by atoms with Crippen molar-refractivity contribution in [3.05, 3.63) is 23.8 Å². The summed E-state index contributed by atoms with van der Waals surface area (Å²) in [6.45, 7) is 6.30. The zero-order chi connectivity index (χ0) is 19.3. The molecular weight excluding hydrogens is 332 g/mol. The SMILES string of the molecule is COc1ccc(OC)c([C@@H](C)NC(=O)[C@H]2CCCCN2C(=O)C(C)C)c1. The van der Waals surface area contributed by atoms with Crippen LogP contribution < -0.4 is 14.8 Å². The fraction of sp³-hybridized carbons (Fsp3) is 0.600. The number of hydrogen-bond donors (Lipinski definition) is 1. The van der Waals surface area contributed by atoms with Crippen molar-refractivity contribution < 1.29 is 19.1 Å². The van der Waals surface area contributed by atoms with Gasteiger partial charge in [0, 0.05) is 18.0 Å². The number of nitrogens with zero attached hydrogens (tertiary/aromatic N) is 1.